The van der Waals surface area contributed by atoms with E-state index in [2.05, 4.69) is 5.32 Å². The highest BCUT2D eigenvalue weighted by molar-refractivity contribution is 6.30. The number of hydrogen-bond donors (Lipinski definition) is 1. The Morgan fingerprint density at radius 2 is 2.19 bits per heavy atom. The van der Waals surface area contributed by atoms with Gasteiger partial charge in [-0.15, -0.1) is 11.6 Å². The number of benzene rings is 1. The predicted molar refractivity (Wildman–Crippen MR) is 67.7 cm³/mol. The van der Waals surface area contributed by atoms with Crippen molar-refractivity contribution in [2.24, 2.45) is 0 Å². The highest BCUT2D eigenvalue weighted by atomic mass is 35.5. The summed E-state index contributed by atoms with van der Waals surface area (Å²) in [4.78, 5) is 0. The van der Waals surface area contributed by atoms with Gasteiger partial charge in [0.05, 0.1) is 0 Å². The van der Waals surface area contributed by atoms with Crippen LogP contribution in [0.3, 0.4) is 0 Å². The Hall–Kier alpha value is -0.310. The molecular formula is C12H16Cl2FN. The van der Waals surface area contributed by atoms with Crippen molar-refractivity contribution in [3.8, 4) is 0 Å². The smallest absolute Gasteiger partial charge is 0.127 e. The van der Waals surface area contributed by atoms with E-state index >= 15 is 0 Å². The summed E-state index contributed by atoms with van der Waals surface area (Å²) in [6.45, 7) is 3.31. The van der Waals surface area contributed by atoms with Crippen LogP contribution in [0.1, 0.15) is 25.3 Å². The summed E-state index contributed by atoms with van der Waals surface area (Å²) >= 11 is 11.6. The normalized spacial score (nSPS) is 12.8. The molecule has 0 spiro atoms. The molecule has 0 aliphatic carbocycles. The Bertz CT molecular complexity index is 329. The molecule has 1 atom stereocenters. The van der Waals surface area contributed by atoms with E-state index in [0.29, 0.717) is 17.1 Å². The summed E-state index contributed by atoms with van der Waals surface area (Å²) in [5.74, 6) is -0.220. The number of hydrogen-bond acceptors (Lipinski definition) is 1. The van der Waals surface area contributed by atoms with E-state index in [1.807, 2.05) is 6.92 Å². The fourth-order valence-electron chi connectivity index (χ4n) is 1.41. The van der Waals surface area contributed by atoms with Gasteiger partial charge < -0.3 is 5.32 Å². The summed E-state index contributed by atoms with van der Waals surface area (Å²) in [5, 5.41) is 3.93. The first-order chi connectivity index (χ1) is 7.59. The minimum atomic E-state index is -0.220. The van der Waals surface area contributed by atoms with Gasteiger partial charge in [0.1, 0.15) is 5.82 Å². The highest BCUT2D eigenvalue weighted by Gasteiger charge is 2.02. The molecule has 1 nitrogen and oxygen atoms in total. The Kier molecular flexibility index (Phi) is 6.10. The van der Waals surface area contributed by atoms with Crippen LogP contribution in [-0.4, -0.2) is 11.9 Å². The van der Waals surface area contributed by atoms with Crippen molar-refractivity contribution in [3.05, 3.63) is 34.6 Å². The third-order valence-electron chi connectivity index (χ3n) is 2.28. The van der Waals surface area contributed by atoms with Gasteiger partial charge in [-0.25, -0.2) is 4.39 Å². The van der Waals surface area contributed by atoms with Gasteiger partial charge in [-0.05, 0) is 44.5 Å². The molecule has 0 radical (unpaired) electrons. The number of halogens is 3. The van der Waals surface area contributed by atoms with Crippen molar-refractivity contribution in [3.63, 3.8) is 0 Å². The monoisotopic (exact) mass is 263 g/mol. The fraction of sp³-hybridized carbons (Fsp3) is 0.500. The molecule has 1 N–H and O–H groups in total. The number of nitrogens with one attached hydrogen (secondary N) is 1. The van der Waals surface area contributed by atoms with Crippen LogP contribution in [0.15, 0.2) is 18.2 Å². The van der Waals surface area contributed by atoms with Crippen LogP contribution in [0.25, 0.3) is 0 Å². The molecule has 0 saturated heterocycles. The largest absolute Gasteiger partial charge is 0.313 e. The van der Waals surface area contributed by atoms with Gasteiger partial charge >= 0.3 is 0 Å². The van der Waals surface area contributed by atoms with E-state index in [4.69, 9.17) is 23.2 Å². The Labute approximate surface area is 106 Å². The highest BCUT2D eigenvalue weighted by Crippen LogP contribution is 2.14. The topological polar surface area (TPSA) is 12.0 Å². The van der Waals surface area contributed by atoms with Crippen LogP contribution in [0, 0.1) is 5.82 Å². The molecule has 1 rings (SSSR count). The average molecular weight is 264 g/mol. The van der Waals surface area contributed by atoms with E-state index in [-0.39, 0.29) is 11.2 Å². The Morgan fingerprint density at radius 3 is 2.88 bits per heavy atom. The van der Waals surface area contributed by atoms with Gasteiger partial charge in [-0.1, -0.05) is 11.6 Å². The maximum Gasteiger partial charge on any atom is 0.127 e. The lowest BCUT2D eigenvalue weighted by Crippen LogP contribution is -2.16. The zero-order chi connectivity index (χ0) is 12.0. The first-order valence-corrected chi connectivity index (χ1v) is 6.19. The zero-order valence-electron chi connectivity index (χ0n) is 9.27. The Morgan fingerprint density at radius 1 is 1.44 bits per heavy atom. The number of alkyl halides is 1. The molecule has 0 amide bonds. The molecule has 1 aromatic rings. The minimum absolute atomic E-state index is 0.199. The van der Waals surface area contributed by atoms with Crippen LogP contribution in [0.4, 0.5) is 4.39 Å². The van der Waals surface area contributed by atoms with Crippen molar-refractivity contribution in [2.45, 2.75) is 31.7 Å². The van der Waals surface area contributed by atoms with Gasteiger partial charge in [0.15, 0.2) is 0 Å². The summed E-state index contributed by atoms with van der Waals surface area (Å²) in [5.41, 5.74) is 0.603. The quantitative estimate of drug-likeness (QED) is 0.605. The summed E-state index contributed by atoms with van der Waals surface area (Å²) in [6.07, 6.45) is 1.96. The third-order valence-corrected chi connectivity index (χ3v) is 2.73. The molecule has 0 aliphatic heterocycles. The van der Waals surface area contributed by atoms with Crippen molar-refractivity contribution in [1.82, 2.24) is 5.32 Å². The summed E-state index contributed by atoms with van der Waals surface area (Å²) in [6, 6.07) is 4.59. The molecule has 0 aliphatic rings. The lowest BCUT2D eigenvalue weighted by atomic mass is 10.2. The Balaban J connectivity index is 2.29. The molecule has 0 bridgehead atoms. The third kappa shape index (κ3) is 5.15. The molecule has 0 heterocycles. The van der Waals surface area contributed by atoms with E-state index in [1.54, 1.807) is 12.1 Å². The van der Waals surface area contributed by atoms with Crippen LogP contribution in [-0.2, 0) is 6.54 Å². The van der Waals surface area contributed by atoms with Crippen molar-refractivity contribution < 1.29 is 4.39 Å². The van der Waals surface area contributed by atoms with Crippen LogP contribution in [0.5, 0.6) is 0 Å². The molecule has 4 heteroatoms. The van der Waals surface area contributed by atoms with Crippen molar-refractivity contribution in [1.29, 1.82) is 0 Å². The molecule has 90 valence electrons. The lowest BCUT2D eigenvalue weighted by molar-refractivity contribution is 0.574. The lowest BCUT2D eigenvalue weighted by Gasteiger charge is -2.07. The average Bonchev–Trinajstić information content (AvgIpc) is 2.22. The van der Waals surface area contributed by atoms with E-state index in [0.717, 1.165) is 19.4 Å². The maximum atomic E-state index is 13.3. The van der Waals surface area contributed by atoms with Crippen LogP contribution in [0.2, 0.25) is 5.02 Å². The standard InChI is InChI=1S/C12H16Cl2FN/c1-9(13)3-2-6-16-8-10-7-11(14)4-5-12(10)15/h4-5,7,9,16H,2-3,6,8H2,1H3. The van der Waals surface area contributed by atoms with E-state index < -0.39 is 0 Å². The van der Waals surface area contributed by atoms with E-state index in [1.165, 1.54) is 6.07 Å². The zero-order valence-corrected chi connectivity index (χ0v) is 10.8. The molecule has 16 heavy (non-hydrogen) atoms. The minimum Gasteiger partial charge on any atom is -0.313 e. The second-order valence-corrected chi connectivity index (χ2v) is 5.02. The molecule has 0 fully saturated rings. The molecule has 1 aromatic carbocycles. The summed E-state index contributed by atoms with van der Waals surface area (Å²) in [7, 11) is 0. The van der Waals surface area contributed by atoms with Gasteiger partial charge in [0, 0.05) is 22.5 Å². The maximum absolute atomic E-state index is 13.3. The second-order valence-electron chi connectivity index (χ2n) is 3.84. The molecule has 1 unspecified atom stereocenters. The summed E-state index contributed by atoms with van der Waals surface area (Å²) < 4.78 is 13.3. The second kappa shape index (κ2) is 7.10. The van der Waals surface area contributed by atoms with Crippen molar-refractivity contribution >= 4 is 23.2 Å². The van der Waals surface area contributed by atoms with Crippen molar-refractivity contribution in [2.75, 3.05) is 6.54 Å². The molecule has 0 saturated carbocycles. The predicted octanol–water partition coefficient (Wildman–Crippen LogP) is 3.98. The number of rotatable bonds is 6. The van der Waals surface area contributed by atoms with E-state index in [9.17, 15) is 4.39 Å². The van der Waals surface area contributed by atoms with Crippen LogP contribution < -0.4 is 5.32 Å². The SMILES string of the molecule is CC(Cl)CCCNCc1cc(Cl)ccc1F. The fourth-order valence-corrected chi connectivity index (χ4v) is 1.76. The van der Waals surface area contributed by atoms with Crippen LogP contribution >= 0.6 is 23.2 Å². The molecular weight excluding hydrogens is 248 g/mol. The van der Waals surface area contributed by atoms with Gasteiger partial charge in [-0.2, -0.15) is 0 Å². The first-order valence-electron chi connectivity index (χ1n) is 5.38. The van der Waals surface area contributed by atoms with Gasteiger partial charge in [0.25, 0.3) is 0 Å². The van der Waals surface area contributed by atoms with Gasteiger partial charge in [0.2, 0.25) is 0 Å². The first kappa shape index (κ1) is 13.8. The van der Waals surface area contributed by atoms with Gasteiger partial charge in [-0.3, -0.25) is 0 Å². The molecule has 0 aromatic heterocycles.